The molecule has 2 N–H and O–H groups in total. The Morgan fingerprint density at radius 2 is 2.04 bits per heavy atom. The van der Waals surface area contributed by atoms with Crippen LogP contribution in [0.4, 0.5) is 4.39 Å². The molecule has 0 fully saturated rings. The smallest absolute Gasteiger partial charge is 0.193 e. The van der Waals surface area contributed by atoms with Crippen molar-refractivity contribution >= 4 is 56.1 Å². The van der Waals surface area contributed by atoms with Crippen LogP contribution in [0.25, 0.3) is 4.96 Å². The molecule has 0 saturated carbocycles. The van der Waals surface area contributed by atoms with Gasteiger partial charge in [-0.3, -0.25) is 9.39 Å². The van der Waals surface area contributed by atoms with Crippen LogP contribution in [-0.4, -0.2) is 37.1 Å². The number of nitrogens with one attached hydrogen (secondary N) is 2. The van der Waals surface area contributed by atoms with Crippen LogP contribution >= 0.6 is 35.3 Å². The molecule has 1 aromatic carbocycles. The molecule has 2 heterocycles. The average Bonchev–Trinajstić information content (AvgIpc) is 3.17. The molecule has 0 aliphatic rings. The molecule has 0 saturated heterocycles. The average molecular weight is 537 g/mol. The van der Waals surface area contributed by atoms with Gasteiger partial charge in [0.15, 0.2) is 20.8 Å². The number of hydrogen-bond donors (Lipinski definition) is 2. The summed E-state index contributed by atoms with van der Waals surface area (Å²) in [7, 11) is -1.59. The van der Waals surface area contributed by atoms with Crippen LogP contribution < -0.4 is 10.6 Å². The maximum Gasteiger partial charge on any atom is 0.193 e. The van der Waals surface area contributed by atoms with Crippen LogP contribution in [0.5, 0.6) is 0 Å². The standard InChI is InChI=1S/C17H20FN5O2S2.HI/c1-19-16(21-9-15-10-23-5-6-26-17(23)22-15)20-8-13-7-14(18)4-3-12(13)11-27(2,24)25;/h3-7,10H,8-9,11H2,1-2H3,(H2,19,20,21);1H. The van der Waals surface area contributed by atoms with Crippen molar-refractivity contribution in [3.05, 3.63) is 58.6 Å². The van der Waals surface area contributed by atoms with Crippen molar-refractivity contribution in [1.82, 2.24) is 20.0 Å². The van der Waals surface area contributed by atoms with Gasteiger partial charge in [0.25, 0.3) is 0 Å². The number of sulfone groups is 1. The SMILES string of the molecule is CN=C(NCc1cn2ccsc2n1)NCc1cc(F)ccc1CS(C)(=O)=O.I. The van der Waals surface area contributed by atoms with E-state index < -0.39 is 15.7 Å². The van der Waals surface area contributed by atoms with E-state index in [1.165, 1.54) is 18.2 Å². The highest BCUT2D eigenvalue weighted by molar-refractivity contribution is 14.0. The summed E-state index contributed by atoms with van der Waals surface area (Å²) in [6, 6.07) is 4.10. The summed E-state index contributed by atoms with van der Waals surface area (Å²) in [6.45, 7) is 0.730. The fourth-order valence-electron chi connectivity index (χ4n) is 2.62. The number of guanidine groups is 1. The number of hydrogen-bond acceptors (Lipinski definition) is 5. The molecular formula is C17H21FIN5O2S2. The van der Waals surface area contributed by atoms with Gasteiger partial charge in [-0.05, 0) is 23.3 Å². The number of rotatable bonds is 6. The van der Waals surface area contributed by atoms with Crippen molar-refractivity contribution in [2.45, 2.75) is 18.8 Å². The number of thiazole rings is 1. The zero-order chi connectivity index (χ0) is 19.4. The summed E-state index contributed by atoms with van der Waals surface area (Å²) in [5.74, 6) is -0.0344. The van der Waals surface area contributed by atoms with Gasteiger partial charge >= 0.3 is 0 Å². The van der Waals surface area contributed by atoms with Crippen molar-refractivity contribution in [3.63, 3.8) is 0 Å². The molecule has 0 radical (unpaired) electrons. The van der Waals surface area contributed by atoms with Gasteiger partial charge in [0.2, 0.25) is 0 Å². The van der Waals surface area contributed by atoms with E-state index in [0.29, 0.717) is 23.6 Å². The van der Waals surface area contributed by atoms with Crippen molar-refractivity contribution in [2.24, 2.45) is 4.99 Å². The van der Waals surface area contributed by atoms with Crippen molar-refractivity contribution in [1.29, 1.82) is 0 Å². The zero-order valence-electron chi connectivity index (χ0n) is 15.3. The van der Waals surface area contributed by atoms with E-state index in [1.807, 2.05) is 22.2 Å². The first-order valence-electron chi connectivity index (χ1n) is 8.14. The topological polar surface area (TPSA) is 87.9 Å². The minimum atomic E-state index is -3.22. The lowest BCUT2D eigenvalue weighted by molar-refractivity contribution is 0.599. The fraction of sp³-hybridized carbons (Fsp3) is 0.294. The summed E-state index contributed by atoms with van der Waals surface area (Å²) in [5.41, 5.74) is 2.01. The quantitative estimate of drug-likeness (QED) is 0.287. The first kappa shape index (κ1) is 22.6. The number of benzene rings is 1. The third kappa shape index (κ3) is 6.14. The largest absolute Gasteiger partial charge is 0.352 e. The maximum atomic E-state index is 13.6. The van der Waals surface area contributed by atoms with E-state index in [-0.39, 0.29) is 36.3 Å². The van der Waals surface area contributed by atoms with E-state index in [0.717, 1.165) is 16.9 Å². The third-order valence-electron chi connectivity index (χ3n) is 3.84. The number of aliphatic imine (C=N–C) groups is 1. The lowest BCUT2D eigenvalue weighted by Crippen LogP contribution is -2.36. The summed E-state index contributed by atoms with van der Waals surface area (Å²) < 4.78 is 38.7. The third-order valence-corrected chi connectivity index (χ3v) is 5.44. The molecule has 152 valence electrons. The van der Waals surface area contributed by atoms with E-state index in [1.54, 1.807) is 18.4 Å². The Labute approximate surface area is 184 Å². The normalized spacial score (nSPS) is 12.0. The first-order valence-corrected chi connectivity index (χ1v) is 11.1. The van der Waals surface area contributed by atoms with Crippen LogP contribution in [0, 0.1) is 5.82 Å². The molecule has 0 amide bonds. The summed E-state index contributed by atoms with van der Waals surface area (Å²) in [6.07, 6.45) is 5.03. The Bertz CT molecular complexity index is 1050. The molecule has 7 nitrogen and oxygen atoms in total. The molecule has 0 atom stereocenters. The van der Waals surface area contributed by atoms with Gasteiger partial charge in [0.05, 0.1) is 18.0 Å². The van der Waals surface area contributed by atoms with Gasteiger partial charge < -0.3 is 10.6 Å². The molecule has 0 unspecified atom stereocenters. The number of imidazole rings is 1. The predicted octanol–water partition coefficient (Wildman–Crippen LogP) is 2.56. The number of fused-ring (bicyclic) bond motifs is 1. The summed E-state index contributed by atoms with van der Waals surface area (Å²) in [4.78, 5) is 9.54. The molecule has 28 heavy (non-hydrogen) atoms. The van der Waals surface area contributed by atoms with Gasteiger partial charge in [-0.1, -0.05) is 6.07 Å². The maximum absolute atomic E-state index is 13.6. The Morgan fingerprint density at radius 1 is 1.29 bits per heavy atom. The second kappa shape index (κ2) is 9.65. The highest BCUT2D eigenvalue weighted by Gasteiger charge is 2.11. The molecule has 0 aliphatic carbocycles. The number of aromatic nitrogens is 2. The van der Waals surface area contributed by atoms with Crippen molar-refractivity contribution < 1.29 is 12.8 Å². The molecular weight excluding hydrogens is 516 g/mol. The first-order chi connectivity index (χ1) is 12.8. The molecule has 3 aromatic rings. The van der Waals surface area contributed by atoms with Crippen LogP contribution in [0.3, 0.4) is 0 Å². The molecule has 0 spiro atoms. The zero-order valence-corrected chi connectivity index (χ0v) is 19.3. The van der Waals surface area contributed by atoms with E-state index in [9.17, 15) is 12.8 Å². The van der Waals surface area contributed by atoms with Crippen LogP contribution in [0.15, 0.2) is 41.0 Å². The van der Waals surface area contributed by atoms with Crippen LogP contribution in [0.1, 0.15) is 16.8 Å². The molecule has 0 bridgehead atoms. The Kier molecular flexibility index (Phi) is 7.78. The lowest BCUT2D eigenvalue weighted by Gasteiger charge is -2.14. The van der Waals surface area contributed by atoms with E-state index >= 15 is 0 Å². The lowest BCUT2D eigenvalue weighted by atomic mass is 10.1. The minimum absolute atomic E-state index is 0. The van der Waals surface area contributed by atoms with E-state index in [4.69, 9.17) is 0 Å². The summed E-state index contributed by atoms with van der Waals surface area (Å²) >= 11 is 1.56. The monoisotopic (exact) mass is 537 g/mol. The highest BCUT2D eigenvalue weighted by Crippen LogP contribution is 2.14. The number of nitrogens with zero attached hydrogens (tertiary/aromatic N) is 3. The van der Waals surface area contributed by atoms with Crippen molar-refractivity contribution in [3.8, 4) is 0 Å². The van der Waals surface area contributed by atoms with E-state index in [2.05, 4.69) is 20.6 Å². The Hall–Kier alpha value is -1.73. The molecule has 3 rings (SSSR count). The van der Waals surface area contributed by atoms with Crippen LogP contribution in [0.2, 0.25) is 0 Å². The molecule has 11 heteroatoms. The fourth-order valence-corrected chi connectivity index (χ4v) is 4.18. The van der Waals surface area contributed by atoms with Crippen molar-refractivity contribution in [2.75, 3.05) is 13.3 Å². The van der Waals surface area contributed by atoms with Crippen LogP contribution in [-0.2, 0) is 28.7 Å². The van der Waals surface area contributed by atoms with Gasteiger partial charge in [-0.2, -0.15) is 0 Å². The molecule has 2 aromatic heterocycles. The second-order valence-corrected chi connectivity index (χ2v) is 9.10. The predicted molar refractivity (Wildman–Crippen MR) is 120 cm³/mol. The second-order valence-electron chi connectivity index (χ2n) is 6.09. The Morgan fingerprint density at radius 3 is 2.71 bits per heavy atom. The van der Waals surface area contributed by atoms with Gasteiger partial charge in [-0.15, -0.1) is 35.3 Å². The minimum Gasteiger partial charge on any atom is -0.352 e. The molecule has 0 aliphatic heterocycles. The number of halogens is 2. The van der Waals surface area contributed by atoms with Gasteiger partial charge in [0.1, 0.15) is 5.82 Å². The summed E-state index contributed by atoms with van der Waals surface area (Å²) in [5, 5.41) is 8.19. The van der Waals surface area contributed by atoms with Gasteiger partial charge in [0, 0.05) is 37.6 Å². The highest BCUT2D eigenvalue weighted by atomic mass is 127. The van der Waals surface area contributed by atoms with Gasteiger partial charge in [-0.25, -0.2) is 17.8 Å². The Balaban J connectivity index is 0.00000280.